The Kier molecular flexibility index (Phi) is 2.20. The summed E-state index contributed by atoms with van der Waals surface area (Å²) in [5.41, 5.74) is 4.04. The van der Waals surface area contributed by atoms with Crippen LogP contribution in [0.1, 0.15) is 17.0 Å². The Hall–Kier alpha value is -2.54. The molecule has 18 heavy (non-hydrogen) atoms. The van der Waals surface area contributed by atoms with Crippen molar-refractivity contribution in [3.05, 3.63) is 41.3 Å². The molecule has 0 saturated heterocycles. The van der Waals surface area contributed by atoms with Crippen LogP contribution in [0.15, 0.2) is 28.8 Å². The van der Waals surface area contributed by atoms with Crippen molar-refractivity contribution < 1.29 is 4.52 Å². The molecule has 0 aliphatic heterocycles. The first-order chi connectivity index (χ1) is 8.72. The highest BCUT2D eigenvalue weighted by molar-refractivity contribution is 5.94. The molecule has 0 fully saturated rings. The molecular formula is C14H11N3O. The summed E-state index contributed by atoms with van der Waals surface area (Å²) in [6.45, 7) is 3.72. The first-order valence-corrected chi connectivity index (χ1v) is 5.66. The monoisotopic (exact) mass is 237 g/mol. The molecule has 4 heteroatoms. The van der Waals surface area contributed by atoms with Crippen LogP contribution in [0.4, 0.5) is 0 Å². The van der Waals surface area contributed by atoms with Gasteiger partial charge in [0.2, 0.25) is 0 Å². The van der Waals surface area contributed by atoms with E-state index in [0.717, 1.165) is 33.6 Å². The lowest BCUT2D eigenvalue weighted by molar-refractivity contribution is 0.393. The second-order valence-corrected chi connectivity index (χ2v) is 4.23. The smallest absolute Gasteiger partial charge is 0.143 e. The van der Waals surface area contributed by atoms with Crippen LogP contribution in [0.5, 0.6) is 0 Å². The first kappa shape index (κ1) is 10.6. The standard InChI is InChI=1S/C14H11N3O/c1-8-13(9(2)18-17-8)14-11(7-15)10-5-3-4-6-12(10)16-14/h3-6,16H,1-2H3. The molecule has 0 aliphatic rings. The number of benzene rings is 1. The molecule has 1 aromatic carbocycles. The Bertz CT molecular complexity index is 755. The van der Waals surface area contributed by atoms with Crippen molar-refractivity contribution in [2.45, 2.75) is 13.8 Å². The number of fused-ring (bicyclic) bond motifs is 1. The summed E-state index contributed by atoms with van der Waals surface area (Å²) in [5, 5.41) is 14.2. The largest absolute Gasteiger partial charge is 0.361 e. The average Bonchev–Trinajstić information content (AvgIpc) is 2.89. The second-order valence-electron chi connectivity index (χ2n) is 4.23. The number of aromatic amines is 1. The van der Waals surface area contributed by atoms with E-state index in [-0.39, 0.29) is 0 Å². The van der Waals surface area contributed by atoms with Gasteiger partial charge in [-0.05, 0) is 19.9 Å². The molecule has 3 aromatic rings. The second kappa shape index (κ2) is 3.74. The van der Waals surface area contributed by atoms with Crippen LogP contribution in [0.3, 0.4) is 0 Å². The molecule has 0 saturated carbocycles. The molecule has 2 heterocycles. The number of aryl methyl sites for hydroxylation is 2. The summed E-state index contributed by atoms with van der Waals surface area (Å²) in [4.78, 5) is 3.28. The highest BCUT2D eigenvalue weighted by Crippen LogP contribution is 2.33. The van der Waals surface area contributed by atoms with Gasteiger partial charge >= 0.3 is 0 Å². The van der Waals surface area contributed by atoms with Crippen molar-refractivity contribution in [1.82, 2.24) is 10.1 Å². The summed E-state index contributed by atoms with van der Waals surface area (Å²) in [6.07, 6.45) is 0. The van der Waals surface area contributed by atoms with Crippen molar-refractivity contribution >= 4 is 10.9 Å². The van der Waals surface area contributed by atoms with Crippen LogP contribution < -0.4 is 0 Å². The third-order valence-electron chi connectivity index (χ3n) is 3.10. The van der Waals surface area contributed by atoms with Crippen molar-refractivity contribution in [3.8, 4) is 17.3 Å². The molecule has 0 unspecified atom stereocenters. The highest BCUT2D eigenvalue weighted by atomic mass is 16.5. The molecular weight excluding hydrogens is 226 g/mol. The van der Waals surface area contributed by atoms with Gasteiger partial charge in [-0.1, -0.05) is 23.4 Å². The molecule has 4 nitrogen and oxygen atoms in total. The number of aromatic nitrogens is 2. The van der Waals surface area contributed by atoms with Gasteiger partial charge in [0, 0.05) is 10.9 Å². The Labute approximate surface area is 104 Å². The molecule has 1 N–H and O–H groups in total. The lowest BCUT2D eigenvalue weighted by atomic mass is 10.1. The van der Waals surface area contributed by atoms with E-state index in [1.54, 1.807) is 0 Å². The molecule has 0 amide bonds. The van der Waals surface area contributed by atoms with E-state index >= 15 is 0 Å². The number of nitrogens with one attached hydrogen (secondary N) is 1. The van der Waals surface area contributed by atoms with Gasteiger partial charge in [-0.2, -0.15) is 5.26 Å². The molecule has 0 bridgehead atoms. The van der Waals surface area contributed by atoms with E-state index in [0.29, 0.717) is 5.56 Å². The maximum atomic E-state index is 9.36. The van der Waals surface area contributed by atoms with Crippen LogP contribution in [0, 0.1) is 25.2 Å². The summed E-state index contributed by atoms with van der Waals surface area (Å²) >= 11 is 0. The first-order valence-electron chi connectivity index (χ1n) is 5.66. The molecule has 0 spiro atoms. The molecule has 2 aromatic heterocycles. The van der Waals surface area contributed by atoms with Crippen molar-refractivity contribution in [1.29, 1.82) is 5.26 Å². The topological polar surface area (TPSA) is 65.6 Å². The summed E-state index contributed by atoms with van der Waals surface area (Å²) in [6, 6.07) is 10.0. The van der Waals surface area contributed by atoms with Crippen LogP contribution >= 0.6 is 0 Å². The lowest BCUT2D eigenvalue weighted by Gasteiger charge is -1.96. The third kappa shape index (κ3) is 1.34. The van der Waals surface area contributed by atoms with Crippen LogP contribution in [0.2, 0.25) is 0 Å². The third-order valence-corrected chi connectivity index (χ3v) is 3.10. The Morgan fingerprint density at radius 3 is 2.72 bits per heavy atom. The zero-order valence-corrected chi connectivity index (χ0v) is 10.1. The maximum Gasteiger partial charge on any atom is 0.143 e. The fourth-order valence-corrected chi connectivity index (χ4v) is 2.29. The van der Waals surface area contributed by atoms with Gasteiger partial charge in [-0.3, -0.25) is 0 Å². The van der Waals surface area contributed by atoms with Gasteiger partial charge in [-0.25, -0.2) is 0 Å². The minimum atomic E-state index is 0.639. The number of H-pyrrole nitrogens is 1. The number of hydrogen-bond donors (Lipinski definition) is 1. The molecule has 0 aliphatic carbocycles. The van der Waals surface area contributed by atoms with Crippen LogP contribution in [0.25, 0.3) is 22.2 Å². The SMILES string of the molecule is Cc1noc(C)c1-c1[nH]c2ccccc2c1C#N. The number of nitriles is 1. The van der Waals surface area contributed by atoms with Crippen LogP contribution in [-0.2, 0) is 0 Å². The molecule has 3 rings (SSSR count). The van der Waals surface area contributed by atoms with Crippen molar-refractivity contribution in [3.63, 3.8) is 0 Å². The van der Waals surface area contributed by atoms with Gasteiger partial charge in [0.1, 0.15) is 11.8 Å². The zero-order chi connectivity index (χ0) is 12.7. The van der Waals surface area contributed by atoms with Crippen molar-refractivity contribution in [2.24, 2.45) is 0 Å². The van der Waals surface area contributed by atoms with E-state index in [1.165, 1.54) is 0 Å². The van der Waals surface area contributed by atoms with E-state index < -0.39 is 0 Å². The summed E-state index contributed by atoms with van der Waals surface area (Å²) in [5.74, 6) is 0.718. The van der Waals surface area contributed by atoms with E-state index in [2.05, 4.69) is 16.2 Å². The normalized spacial score (nSPS) is 10.7. The molecule has 88 valence electrons. The Morgan fingerprint density at radius 2 is 2.06 bits per heavy atom. The van der Waals surface area contributed by atoms with E-state index in [1.807, 2.05) is 38.1 Å². The minimum absolute atomic E-state index is 0.639. The number of para-hydroxylation sites is 1. The minimum Gasteiger partial charge on any atom is -0.361 e. The van der Waals surface area contributed by atoms with Crippen LogP contribution in [-0.4, -0.2) is 10.1 Å². The lowest BCUT2D eigenvalue weighted by Crippen LogP contribution is -1.85. The van der Waals surface area contributed by atoms with Gasteiger partial charge in [-0.15, -0.1) is 0 Å². The summed E-state index contributed by atoms with van der Waals surface area (Å²) in [7, 11) is 0. The highest BCUT2D eigenvalue weighted by Gasteiger charge is 2.19. The Balaban J connectivity index is 2.40. The quantitative estimate of drug-likeness (QED) is 0.706. The van der Waals surface area contributed by atoms with Gasteiger partial charge in [0.15, 0.2) is 0 Å². The summed E-state index contributed by atoms with van der Waals surface area (Å²) < 4.78 is 5.17. The fraction of sp³-hybridized carbons (Fsp3) is 0.143. The number of nitrogens with zero attached hydrogens (tertiary/aromatic N) is 2. The van der Waals surface area contributed by atoms with E-state index in [9.17, 15) is 5.26 Å². The van der Waals surface area contributed by atoms with E-state index in [4.69, 9.17) is 4.52 Å². The van der Waals surface area contributed by atoms with Gasteiger partial charge in [0.25, 0.3) is 0 Å². The number of rotatable bonds is 1. The van der Waals surface area contributed by atoms with Gasteiger partial charge < -0.3 is 9.51 Å². The fourth-order valence-electron chi connectivity index (χ4n) is 2.29. The zero-order valence-electron chi connectivity index (χ0n) is 10.1. The van der Waals surface area contributed by atoms with Crippen molar-refractivity contribution in [2.75, 3.05) is 0 Å². The maximum absolute atomic E-state index is 9.36. The average molecular weight is 237 g/mol. The Morgan fingerprint density at radius 1 is 1.28 bits per heavy atom. The number of hydrogen-bond acceptors (Lipinski definition) is 3. The molecule has 0 radical (unpaired) electrons. The molecule has 0 atom stereocenters. The predicted molar refractivity (Wildman–Crippen MR) is 68.0 cm³/mol. The van der Waals surface area contributed by atoms with Gasteiger partial charge in [0.05, 0.1) is 22.5 Å². The predicted octanol–water partition coefficient (Wildman–Crippen LogP) is 3.31.